The first-order chi connectivity index (χ1) is 27.6. The van der Waals surface area contributed by atoms with Crippen LogP contribution in [0.5, 0.6) is 34.5 Å². The van der Waals surface area contributed by atoms with E-state index in [9.17, 15) is 8.78 Å². The van der Waals surface area contributed by atoms with E-state index in [4.69, 9.17) is 28.4 Å². The SMILES string of the molecule is COc1cc(OC)c(-c2cc(-c3ccc(F)cc3)c3c([n+]2[O-])C2Cc4c(-c5ccc(F)cc5)cc(-c5c(OC)cc(OC)cc5OC)[n+]([O-])c4C(C3)C2)c(OC)c1. The zero-order valence-electron chi connectivity index (χ0n) is 32.3. The summed E-state index contributed by atoms with van der Waals surface area (Å²) in [7, 11) is 9.10. The van der Waals surface area contributed by atoms with Crippen molar-refractivity contribution in [2.75, 3.05) is 42.7 Å². The normalized spacial score (nSPS) is 15.3. The van der Waals surface area contributed by atoms with Gasteiger partial charge in [-0.05, 0) is 65.8 Å². The van der Waals surface area contributed by atoms with Gasteiger partial charge in [0.1, 0.15) is 57.3 Å². The Kier molecular flexibility index (Phi) is 9.72. The number of methoxy groups -OCH3 is 6. The van der Waals surface area contributed by atoms with Crippen LogP contribution in [0.15, 0.2) is 84.9 Å². The molecule has 2 heterocycles. The van der Waals surface area contributed by atoms with Crippen LogP contribution in [0.4, 0.5) is 8.78 Å². The van der Waals surface area contributed by atoms with Crippen LogP contribution in [0.3, 0.4) is 0 Å². The summed E-state index contributed by atoms with van der Waals surface area (Å²) in [5.74, 6) is 0.958. The van der Waals surface area contributed by atoms with Crippen LogP contribution in [0.2, 0.25) is 0 Å². The first-order valence-electron chi connectivity index (χ1n) is 18.3. The molecule has 0 N–H and O–H groups in total. The lowest BCUT2D eigenvalue weighted by Gasteiger charge is -2.37. The Hall–Kier alpha value is -6.56. The molecule has 0 saturated carbocycles. The lowest BCUT2D eigenvalue weighted by molar-refractivity contribution is -0.610. The molecule has 292 valence electrons. The molecule has 2 atom stereocenters. The van der Waals surface area contributed by atoms with Gasteiger partial charge in [-0.1, -0.05) is 24.3 Å². The molecule has 0 amide bonds. The zero-order valence-corrected chi connectivity index (χ0v) is 32.3. The van der Waals surface area contributed by atoms with Crippen LogP contribution in [-0.4, -0.2) is 42.7 Å². The largest absolute Gasteiger partial charge is 0.618 e. The van der Waals surface area contributed by atoms with E-state index in [1.807, 2.05) is 0 Å². The van der Waals surface area contributed by atoms with Crippen LogP contribution < -0.4 is 37.9 Å². The minimum absolute atomic E-state index is 0.278. The molecule has 8 rings (SSSR count). The van der Waals surface area contributed by atoms with E-state index in [0.717, 1.165) is 31.7 Å². The molecule has 2 unspecified atom stereocenters. The molecule has 0 radical (unpaired) electrons. The Morgan fingerprint density at radius 1 is 0.491 bits per heavy atom. The number of fused-ring (bicyclic) bond motifs is 6. The second kappa shape index (κ2) is 14.8. The van der Waals surface area contributed by atoms with E-state index in [1.165, 1.54) is 66.9 Å². The van der Waals surface area contributed by atoms with Crippen LogP contribution >= 0.6 is 0 Å². The van der Waals surface area contributed by atoms with Crippen molar-refractivity contribution in [3.8, 4) is 79.3 Å². The van der Waals surface area contributed by atoms with Crippen molar-refractivity contribution in [3.05, 3.63) is 129 Å². The smallest absolute Gasteiger partial charge is 0.232 e. The lowest BCUT2D eigenvalue weighted by Crippen LogP contribution is -2.46. The maximum absolute atomic E-state index is 15.0. The quantitative estimate of drug-likeness (QED) is 0.101. The van der Waals surface area contributed by atoms with Gasteiger partial charge in [-0.15, -0.1) is 0 Å². The fourth-order valence-electron chi connectivity index (χ4n) is 8.66. The molecule has 57 heavy (non-hydrogen) atoms. The summed E-state index contributed by atoms with van der Waals surface area (Å²) in [6, 6.07) is 22.6. The van der Waals surface area contributed by atoms with E-state index >= 15 is 10.4 Å². The van der Waals surface area contributed by atoms with Gasteiger partial charge in [0.25, 0.3) is 0 Å². The van der Waals surface area contributed by atoms with Gasteiger partial charge in [0.05, 0.1) is 54.5 Å². The summed E-state index contributed by atoms with van der Waals surface area (Å²) in [5.41, 5.74) is 6.84. The van der Waals surface area contributed by atoms with Crippen LogP contribution in [0.1, 0.15) is 40.8 Å². The third-order valence-electron chi connectivity index (χ3n) is 11.2. The second-order valence-corrected chi connectivity index (χ2v) is 14.1. The van der Waals surface area contributed by atoms with E-state index in [1.54, 1.807) is 60.7 Å². The van der Waals surface area contributed by atoms with Crippen molar-refractivity contribution in [2.24, 2.45) is 0 Å². The number of pyridine rings is 2. The zero-order chi connectivity index (χ0) is 40.1. The van der Waals surface area contributed by atoms with Gasteiger partial charge in [0.15, 0.2) is 0 Å². The van der Waals surface area contributed by atoms with Crippen LogP contribution in [0, 0.1) is 22.0 Å². The molecule has 6 aromatic rings. The highest BCUT2D eigenvalue weighted by Crippen LogP contribution is 2.52. The Bertz CT molecular complexity index is 2300. The summed E-state index contributed by atoms with van der Waals surface area (Å²) >= 11 is 0. The Morgan fingerprint density at radius 2 is 0.825 bits per heavy atom. The third kappa shape index (κ3) is 6.25. The maximum Gasteiger partial charge on any atom is 0.232 e. The summed E-state index contributed by atoms with van der Waals surface area (Å²) in [5, 5.41) is 30.0. The van der Waals surface area contributed by atoms with Crippen molar-refractivity contribution in [2.45, 2.75) is 31.1 Å². The lowest BCUT2D eigenvalue weighted by atomic mass is 9.67. The van der Waals surface area contributed by atoms with E-state index in [2.05, 4.69) is 0 Å². The van der Waals surface area contributed by atoms with Crippen molar-refractivity contribution >= 4 is 0 Å². The molecule has 2 aromatic heterocycles. The van der Waals surface area contributed by atoms with Crippen molar-refractivity contribution in [1.29, 1.82) is 0 Å². The Labute approximate surface area is 328 Å². The molecule has 0 aliphatic heterocycles. The molecule has 10 nitrogen and oxygen atoms in total. The van der Waals surface area contributed by atoms with Gasteiger partial charge < -0.3 is 38.8 Å². The number of nitrogens with zero attached hydrogens (tertiary/aromatic N) is 2. The molecule has 0 saturated heterocycles. The summed E-state index contributed by atoms with van der Waals surface area (Å²) in [4.78, 5) is 0. The third-order valence-corrected chi connectivity index (χ3v) is 11.2. The van der Waals surface area contributed by atoms with Crippen molar-refractivity contribution in [3.63, 3.8) is 0 Å². The van der Waals surface area contributed by atoms with Crippen molar-refractivity contribution in [1.82, 2.24) is 0 Å². The Balaban J connectivity index is 1.40. The first-order valence-corrected chi connectivity index (χ1v) is 18.3. The molecule has 2 aliphatic rings. The molecular formula is C45H40F2N2O8. The van der Waals surface area contributed by atoms with E-state index in [-0.39, 0.29) is 23.2 Å². The highest BCUT2D eigenvalue weighted by Gasteiger charge is 2.47. The minimum atomic E-state index is -0.399. The highest BCUT2D eigenvalue weighted by molar-refractivity contribution is 5.82. The topological polar surface area (TPSA) is 109 Å². The molecule has 2 aliphatic carbocycles. The predicted octanol–water partition coefficient (Wildman–Crippen LogP) is 8.32. The second-order valence-electron chi connectivity index (χ2n) is 14.1. The molecule has 4 aromatic carbocycles. The van der Waals surface area contributed by atoms with Gasteiger partial charge >= 0.3 is 0 Å². The predicted molar refractivity (Wildman–Crippen MR) is 209 cm³/mol. The molecule has 2 bridgehead atoms. The average molecular weight is 775 g/mol. The average Bonchev–Trinajstić information content (AvgIpc) is 3.23. The van der Waals surface area contributed by atoms with Gasteiger partial charge in [-0.3, -0.25) is 0 Å². The molecule has 0 spiro atoms. The number of aromatic nitrogens is 2. The number of ether oxygens (including phenoxy) is 6. The van der Waals surface area contributed by atoms with Crippen molar-refractivity contribution < 1.29 is 46.7 Å². The highest BCUT2D eigenvalue weighted by atomic mass is 19.1. The first kappa shape index (κ1) is 37.4. The number of halogens is 2. The Morgan fingerprint density at radius 3 is 1.12 bits per heavy atom. The fourth-order valence-corrected chi connectivity index (χ4v) is 8.66. The van der Waals surface area contributed by atoms with Gasteiger partial charge in [0.2, 0.25) is 22.8 Å². The van der Waals surface area contributed by atoms with E-state index < -0.39 is 11.6 Å². The summed E-state index contributed by atoms with van der Waals surface area (Å²) in [6.45, 7) is 0. The van der Waals surface area contributed by atoms with Gasteiger partial charge in [-0.2, -0.15) is 9.46 Å². The van der Waals surface area contributed by atoms with Crippen LogP contribution in [-0.2, 0) is 12.8 Å². The summed E-state index contributed by atoms with van der Waals surface area (Å²) < 4.78 is 64.8. The standard InChI is InChI=1S/C45H40F2N2O8/c1-52-30-18-38(54-3)42(39(19-30)55-4)36-22-32(24-7-11-28(46)12-8-24)34-17-27-15-26(44(34)48(36)50)16-35-33(25-9-13-29(47)14-10-25)23-37(49(51)45(27)35)43-40(56-5)20-31(53-2)21-41(43)57-6/h7-14,18-23,26-27H,15-17H2,1-6H3. The molecule has 0 fully saturated rings. The maximum atomic E-state index is 15.0. The minimum Gasteiger partial charge on any atom is -0.618 e. The number of benzene rings is 4. The molecular weight excluding hydrogens is 734 g/mol. The number of hydrogen-bond donors (Lipinski definition) is 0. The molecule has 12 heteroatoms. The van der Waals surface area contributed by atoms with Crippen LogP contribution in [0.25, 0.3) is 44.8 Å². The number of hydrogen-bond acceptors (Lipinski definition) is 8. The van der Waals surface area contributed by atoms with Gasteiger partial charge in [0, 0.05) is 47.5 Å². The summed E-state index contributed by atoms with van der Waals surface area (Å²) in [6.07, 6.45) is 1.16. The fraction of sp³-hybridized carbons (Fsp3) is 0.244. The van der Waals surface area contributed by atoms with Gasteiger partial charge in [-0.25, -0.2) is 8.78 Å². The number of rotatable bonds is 10. The monoisotopic (exact) mass is 774 g/mol. The van der Waals surface area contributed by atoms with E-state index in [0.29, 0.717) is 87.4 Å².